The zero-order chi connectivity index (χ0) is 12.1. The van der Waals surface area contributed by atoms with E-state index in [1.807, 2.05) is 0 Å². The molecule has 1 aliphatic carbocycles. The van der Waals surface area contributed by atoms with Gasteiger partial charge in [-0.1, -0.05) is 12.8 Å². The molecule has 1 unspecified atom stereocenters. The fourth-order valence-electron chi connectivity index (χ4n) is 2.56. The molecule has 1 aromatic rings. The van der Waals surface area contributed by atoms with Crippen LogP contribution in [0.4, 0.5) is 0 Å². The number of nitrogens with zero attached hydrogens (tertiary/aromatic N) is 1. The highest BCUT2D eigenvalue weighted by Gasteiger charge is 2.21. The van der Waals surface area contributed by atoms with Gasteiger partial charge in [0, 0.05) is 25.4 Å². The Hall–Kier alpha value is -0.670. The Bertz CT molecular complexity index is 347. The summed E-state index contributed by atoms with van der Waals surface area (Å²) in [7, 11) is 2.12. The van der Waals surface area contributed by atoms with Crippen molar-refractivity contribution >= 4 is 17.1 Å². The number of carbonyl (C=O) groups is 1. The number of Topliss-reactive ketones (excluding diaryl/α,β-unsaturated/α-hetero) is 1. The first kappa shape index (κ1) is 12.8. The van der Waals surface area contributed by atoms with Gasteiger partial charge < -0.3 is 4.90 Å². The first-order chi connectivity index (χ1) is 8.25. The molecule has 17 heavy (non-hydrogen) atoms. The van der Waals surface area contributed by atoms with Crippen LogP contribution in [0.2, 0.25) is 0 Å². The minimum Gasteiger partial charge on any atom is -0.301 e. The van der Waals surface area contributed by atoms with Crippen molar-refractivity contribution in [2.24, 2.45) is 5.92 Å². The summed E-state index contributed by atoms with van der Waals surface area (Å²) in [5, 5.41) is 4.30. The number of rotatable bonds is 4. The molecule has 0 radical (unpaired) electrons. The van der Waals surface area contributed by atoms with Crippen LogP contribution in [0.25, 0.3) is 0 Å². The topological polar surface area (TPSA) is 20.3 Å². The van der Waals surface area contributed by atoms with Crippen LogP contribution >= 0.6 is 11.3 Å². The Morgan fingerprint density at radius 1 is 1.41 bits per heavy atom. The van der Waals surface area contributed by atoms with E-state index in [1.54, 1.807) is 11.3 Å². The van der Waals surface area contributed by atoms with Crippen LogP contribution in [-0.4, -0.2) is 24.3 Å². The van der Waals surface area contributed by atoms with Gasteiger partial charge in [-0.25, -0.2) is 0 Å². The lowest BCUT2D eigenvalue weighted by atomic mass is 9.98. The molecule has 0 spiro atoms. The summed E-state index contributed by atoms with van der Waals surface area (Å²) in [5.41, 5.74) is 1.36. The molecule has 0 N–H and O–H groups in total. The molecule has 2 nitrogen and oxygen atoms in total. The fraction of sp³-hybridized carbons (Fsp3) is 0.643. The molecule has 0 bridgehead atoms. The van der Waals surface area contributed by atoms with Gasteiger partial charge in [-0.2, -0.15) is 11.3 Å². The highest BCUT2D eigenvalue weighted by molar-refractivity contribution is 7.07. The van der Waals surface area contributed by atoms with Crippen molar-refractivity contribution in [3.8, 4) is 0 Å². The van der Waals surface area contributed by atoms with Crippen molar-refractivity contribution in [1.82, 2.24) is 4.90 Å². The molecule has 3 heteroatoms. The summed E-state index contributed by atoms with van der Waals surface area (Å²) in [4.78, 5) is 14.2. The fourth-order valence-corrected chi connectivity index (χ4v) is 3.22. The van der Waals surface area contributed by atoms with Gasteiger partial charge >= 0.3 is 0 Å². The molecule has 1 fully saturated rings. The molecule has 94 valence electrons. The highest BCUT2D eigenvalue weighted by atomic mass is 32.1. The van der Waals surface area contributed by atoms with Crippen molar-refractivity contribution in [1.29, 1.82) is 0 Å². The van der Waals surface area contributed by atoms with Gasteiger partial charge in [-0.15, -0.1) is 0 Å². The van der Waals surface area contributed by atoms with Gasteiger partial charge in [0.15, 0.2) is 0 Å². The van der Waals surface area contributed by atoms with Gasteiger partial charge in [-0.3, -0.25) is 4.79 Å². The number of hydrogen-bond donors (Lipinski definition) is 0. The quantitative estimate of drug-likeness (QED) is 0.765. The number of carbonyl (C=O) groups excluding carboxylic acids is 1. The van der Waals surface area contributed by atoms with Crippen molar-refractivity contribution in [2.45, 2.75) is 38.6 Å². The SMILES string of the molecule is CN(Cc1ccsc1)CC1CCCCCC1=O. The Kier molecular flexibility index (Phi) is 4.75. The van der Waals surface area contributed by atoms with Crippen molar-refractivity contribution in [3.63, 3.8) is 0 Å². The molecule has 0 saturated heterocycles. The van der Waals surface area contributed by atoms with Crippen LogP contribution in [0.1, 0.15) is 37.7 Å². The average molecular weight is 251 g/mol. The molecule has 1 atom stereocenters. The van der Waals surface area contributed by atoms with Gasteiger partial charge in [0.05, 0.1) is 0 Å². The molecule has 1 saturated carbocycles. The summed E-state index contributed by atoms with van der Waals surface area (Å²) >= 11 is 1.74. The van der Waals surface area contributed by atoms with Gasteiger partial charge in [0.25, 0.3) is 0 Å². The monoisotopic (exact) mass is 251 g/mol. The van der Waals surface area contributed by atoms with Crippen LogP contribution in [-0.2, 0) is 11.3 Å². The van der Waals surface area contributed by atoms with E-state index in [-0.39, 0.29) is 5.92 Å². The van der Waals surface area contributed by atoms with Gasteiger partial charge in [0.2, 0.25) is 0 Å². The summed E-state index contributed by atoms with van der Waals surface area (Å²) in [6.45, 7) is 1.89. The first-order valence-electron chi connectivity index (χ1n) is 6.48. The summed E-state index contributed by atoms with van der Waals surface area (Å²) in [5.74, 6) is 0.765. The van der Waals surface area contributed by atoms with Crippen LogP contribution in [0.3, 0.4) is 0 Å². The van der Waals surface area contributed by atoms with E-state index in [1.165, 1.54) is 18.4 Å². The third kappa shape index (κ3) is 3.93. The lowest BCUT2D eigenvalue weighted by Gasteiger charge is -2.21. The molecule has 1 aromatic heterocycles. The van der Waals surface area contributed by atoms with E-state index >= 15 is 0 Å². The van der Waals surface area contributed by atoms with Crippen LogP contribution in [0, 0.1) is 5.92 Å². The van der Waals surface area contributed by atoms with E-state index in [2.05, 4.69) is 28.8 Å². The van der Waals surface area contributed by atoms with E-state index in [0.29, 0.717) is 5.78 Å². The second-order valence-electron chi connectivity index (χ2n) is 5.09. The van der Waals surface area contributed by atoms with Crippen molar-refractivity contribution in [3.05, 3.63) is 22.4 Å². The number of hydrogen-bond acceptors (Lipinski definition) is 3. The third-order valence-electron chi connectivity index (χ3n) is 3.50. The predicted molar refractivity (Wildman–Crippen MR) is 72.2 cm³/mol. The molecule has 1 aliphatic rings. The van der Waals surface area contributed by atoms with Crippen molar-refractivity contribution < 1.29 is 4.79 Å². The maximum Gasteiger partial charge on any atom is 0.137 e. The molecule has 1 heterocycles. The maximum atomic E-state index is 11.9. The van der Waals surface area contributed by atoms with E-state index in [4.69, 9.17) is 0 Å². The second kappa shape index (κ2) is 6.31. The zero-order valence-electron chi connectivity index (χ0n) is 10.5. The van der Waals surface area contributed by atoms with Crippen LogP contribution in [0.15, 0.2) is 16.8 Å². The standard InChI is InChI=1S/C14H21NOS/c1-15(9-12-7-8-17-11-12)10-13-5-3-2-4-6-14(13)16/h7-8,11,13H,2-6,9-10H2,1H3. The molecule has 0 aliphatic heterocycles. The largest absolute Gasteiger partial charge is 0.301 e. The summed E-state index contributed by atoms with van der Waals surface area (Å²) in [6, 6.07) is 2.16. The van der Waals surface area contributed by atoms with E-state index in [9.17, 15) is 4.79 Å². The summed E-state index contributed by atoms with van der Waals surface area (Å²) < 4.78 is 0. The lowest BCUT2D eigenvalue weighted by Crippen LogP contribution is -2.29. The molecule has 2 rings (SSSR count). The second-order valence-corrected chi connectivity index (χ2v) is 5.87. The highest BCUT2D eigenvalue weighted by Crippen LogP contribution is 2.21. The van der Waals surface area contributed by atoms with Crippen molar-refractivity contribution in [2.75, 3.05) is 13.6 Å². The Morgan fingerprint density at radius 3 is 3.06 bits per heavy atom. The third-order valence-corrected chi connectivity index (χ3v) is 4.23. The average Bonchev–Trinajstić information content (AvgIpc) is 2.71. The molecular formula is C14H21NOS. The lowest BCUT2D eigenvalue weighted by molar-refractivity contribution is -0.123. The maximum absolute atomic E-state index is 11.9. The minimum atomic E-state index is 0.279. The zero-order valence-corrected chi connectivity index (χ0v) is 11.3. The minimum absolute atomic E-state index is 0.279. The Labute approximate surface area is 108 Å². The normalized spacial score (nSPS) is 21.8. The van der Waals surface area contributed by atoms with E-state index < -0.39 is 0 Å². The van der Waals surface area contributed by atoms with Crippen LogP contribution < -0.4 is 0 Å². The number of ketones is 1. The molecule has 0 aromatic carbocycles. The summed E-state index contributed by atoms with van der Waals surface area (Å²) in [6.07, 6.45) is 5.45. The molecule has 0 amide bonds. The number of thiophene rings is 1. The van der Waals surface area contributed by atoms with Gasteiger partial charge in [0.1, 0.15) is 5.78 Å². The van der Waals surface area contributed by atoms with Crippen LogP contribution in [0.5, 0.6) is 0 Å². The molecular weight excluding hydrogens is 230 g/mol. The van der Waals surface area contributed by atoms with E-state index in [0.717, 1.165) is 32.4 Å². The Balaban J connectivity index is 1.84. The predicted octanol–water partition coefficient (Wildman–Crippen LogP) is 3.33. The Morgan fingerprint density at radius 2 is 2.29 bits per heavy atom. The first-order valence-corrected chi connectivity index (χ1v) is 7.42. The smallest absolute Gasteiger partial charge is 0.137 e. The van der Waals surface area contributed by atoms with Gasteiger partial charge in [-0.05, 0) is 42.3 Å².